The van der Waals surface area contributed by atoms with Crippen molar-refractivity contribution in [2.75, 3.05) is 18.1 Å². The number of carboxylic acid groups (broad SMARTS) is 1. The van der Waals surface area contributed by atoms with E-state index in [1.807, 2.05) is 23.5 Å². The zero-order chi connectivity index (χ0) is 8.10. The summed E-state index contributed by atoms with van der Waals surface area (Å²) in [5.74, 6) is 2.29. The number of carbonyl (C=O) groups is 1. The van der Waals surface area contributed by atoms with Gasteiger partial charge in [-0.3, -0.25) is 0 Å². The third kappa shape index (κ3) is 3.76. The van der Waals surface area contributed by atoms with E-state index in [-0.39, 0.29) is 0 Å². The minimum atomic E-state index is -1.17. The number of rotatable bonds is 2. The summed E-state index contributed by atoms with van der Waals surface area (Å²) in [6.45, 7) is 0.512. The lowest BCUT2D eigenvalue weighted by Crippen LogP contribution is -2.39. The van der Waals surface area contributed by atoms with E-state index in [0.29, 0.717) is 11.1 Å². The Morgan fingerprint density at radius 1 is 1.55 bits per heavy atom. The van der Waals surface area contributed by atoms with Crippen molar-refractivity contribution in [2.45, 2.75) is 11.0 Å². The average Bonchev–Trinajstić information content (AvgIpc) is 2.03. The summed E-state index contributed by atoms with van der Waals surface area (Å²) in [4.78, 5) is 10.0. The second kappa shape index (κ2) is 4.77. The van der Waals surface area contributed by atoms with Crippen molar-refractivity contribution < 1.29 is 9.90 Å². The molecule has 0 aromatic heterocycles. The third-order valence-corrected chi connectivity index (χ3v) is 4.25. The Labute approximate surface area is 74.3 Å². The fourth-order valence-corrected chi connectivity index (χ4v) is 3.52. The molecule has 1 rings (SSSR count). The first-order valence-electron chi connectivity index (χ1n) is 3.47. The molecule has 5 heteroatoms. The molecule has 1 fully saturated rings. The molecule has 0 atom stereocenters. The van der Waals surface area contributed by atoms with Gasteiger partial charge in [-0.1, -0.05) is 0 Å². The normalized spacial score (nSPS) is 19.6. The van der Waals surface area contributed by atoms with Gasteiger partial charge in [0.15, 0.2) is 0 Å². The monoisotopic (exact) mass is 192 g/mol. The number of amides is 1. The lowest BCUT2D eigenvalue weighted by molar-refractivity contribution is -0.250. The van der Waals surface area contributed by atoms with E-state index in [0.717, 1.165) is 11.5 Å². The van der Waals surface area contributed by atoms with Crippen molar-refractivity contribution in [1.82, 2.24) is 5.32 Å². The number of thioether (sulfide) groups is 2. The van der Waals surface area contributed by atoms with E-state index in [1.165, 1.54) is 6.42 Å². The average molecular weight is 192 g/mol. The Hall–Kier alpha value is -0.0300. The molecule has 1 heterocycles. The van der Waals surface area contributed by atoms with Crippen LogP contribution in [-0.2, 0) is 0 Å². The molecule has 0 radical (unpaired) electrons. The van der Waals surface area contributed by atoms with Gasteiger partial charge in [0.2, 0.25) is 0 Å². The van der Waals surface area contributed by atoms with Crippen molar-refractivity contribution in [3.63, 3.8) is 0 Å². The largest absolute Gasteiger partial charge is 0.530 e. The van der Waals surface area contributed by atoms with Crippen molar-refractivity contribution in [3.05, 3.63) is 0 Å². The van der Waals surface area contributed by atoms with Crippen LogP contribution in [0.15, 0.2) is 0 Å². The summed E-state index contributed by atoms with van der Waals surface area (Å²) in [5.41, 5.74) is 0. The van der Waals surface area contributed by atoms with Gasteiger partial charge in [0.1, 0.15) is 6.09 Å². The summed E-state index contributed by atoms with van der Waals surface area (Å²) in [5, 5.41) is 12.3. The summed E-state index contributed by atoms with van der Waals surface area (Å²) in [6, 6.07) is 0. The second-order valence-electron chi connectivity index (χ2n) is 2.19. The molecule has 11 heavy (non-hydrogen) atoms. The fourth-order valence-electron chi connectivity index (χ4n) is 0.821. The highest BCUT2D eigenvalue weighted by molar-refractivity contribution is 8.17. The first-order valence-corrected chi connectivity index (χ1v) is 5.57. The molecule has 1 aliphatic rings. The molecule has 0 aliphatic carbocycles. The van der Waals surface area contributed by atoms with E-state index < -0.39 is 6.09 Å². The van der Waals surface area contributed by atoms with Gasteiger partial charge in [-0.2, -0.15) is 0 Å². The van der Waals surface area contributed by atoms with Crippen molar-refractivity contribution in [1.29, 1.82) is 0 Å². The maximum atomic E-state index is 10.0. The lowest BCUT2D eigenvalue weighted by atomic mass is 10.6. The summed E-state index contributed by atoms with van der Waals surface area (Å²) >= 11 is 3.63. The summed E-state index contributed by atoms with van der Waals surface area (Å²) < 4.78 is 0.390. The van der Waals surface area contributed by atoms with Gasteiger partial charge < -0.3 is 15.2 Å². The quantitative estimate of drug-likeness (QED) is 0.675. The molecule has 0 bridgehead atoms. The molecule has 3 nitrogen and oxygen atoms in total. The van der Waals surface area contributed by atoms with Crippen LogP contribution in [0.2, 0.25) is 0 Å². The van der Waals surface area contributed by atoms with Gasteiger partial charge in [0.05, 0.1) is 4.58 Å². The molecular formula is C6H10NO2S2-. The Bertz CT molecular complexity index is 137. The zero-order valence-electron chi connectivity index (χ0n) is 6.04. The predicted molar refractivity (Wildman–Crippen MR) is 46.7 cm³/mol. The first kappa shape index (κ1) is 9.06. The van der Waals surface area contributed by atoms with E-state index >= 15 is 0 Å². The van der Waals surface area contributed by atoms with Crippen LogP contribution in [0.5, 0.6) is 0 Å². The van der Waals surface area contributed by atoms with Gasteiger partial charge in [-0.25, -0.2) is 0 Å². The van der Waals surface area contributed by atoms with E-state index in [2.05, 4.69) is 5.32 Å². The van der Waals surface area contributed by atoms with Crippen LogP contribution < -0.4 is 10.4 Å². The predicted octanol–water partition coefficient (Wildman–Crippen LogP) is 0.116. The first-order chi connectivity index (χ1) is 5.29. The van der Waals surface area contributed by atoms with Crippen molar-refractivity contribution in [2.24, 2.45) is 0 Å². The van der Waals surface area contributed by atoms with Gasteiger partial charge in [-0.05, 0) is 17.9 Å². The molecule has 0 aromatic carbocycles. The van der Waals surface area contributed by atoms with Crippen LogP contribution in [0.1, 0.15) is 6.42 Å². The molecule has 0 aromatic rings. The second-order valence-corrected chi connectivity index (χ2v) is 5.11. The number of hydrogen-bond acceptors (Lipinski definition) is 4. The maximum Gasteiger partial charge on any atom is 0.134 e. The lowest BCUT2D eigenvalue weighted by Gasteiger charge is -2.21. The van der Waals surface area contributed by atoms with Crippen molar-refractivity contribution >= 4 is 29.6 Å². The molecule has 0 unspecified atom stereocenters. The Kier molecular flexibility index (Phi) is 3.93. The molecule has 0 saturated carbocycles. The Morgan fingerprint density at radius 3 is 2.73 bits per heavy atom. The zero-order valence-corrected chi connectivity index (χ0v) is 7.67. The van der Waals surface area contributed by atoms with Gasteiger partial charge >= 0.3 is 0 Å². The summed E-state index contributed by atoms with van der Waals surface area (Å²) in [6.07, 6.45) is 0.0636. The highest BCUT2D eigenvalue weighted by Gasteiger charge is 2.13. The van der Waals surface area contributed by atoms with E-state index in [4.69, 9.17) is 0 Å². The number of carbonyl (C=O) groups excluding carboxylic acids is 1. The van der Waals surface area contributed by atoms with Crippen LogP contribution >= 0.6 is 23.5 Å². The maximum absolute atomic E-state index is 10.0. The van der Waals surface area contributed by atoms with E-state index in [9.17, 15) is 9.90 Å². The van der Waals surface area contributed by atoms with Crippen molar-refractivity contribution in [3.8, 4) is 0 Å². The smallest absolute Gasteiger partial charge is 0.134 e. The standard InChI is InChI=1S/C6H11NO2S2/c8-6(9)7-4-5-10-2-1-3-11-5/h5,7H,1-4H2,(H,8,9)/p-1. The molecule has 1 N–H and O–H groups in total. The van der Waals surface area contributed by atoms with Gasteiger partial charge in [0, 0.05) is 6.54 Å². The van der Waals surface area contributed by atoms with Crippen LogP contribution in [0.4, 0.5) is 4.79 Å². The number of nitrogens with one attached hydrogen (secondary N) is 1. The van der Waals surface area contributed by atoms with Crippen LogP contribution in [0, 0.1) is 0 Å². The highest BCUT2D eigenvalue weighted by atomic mass is 32.2. The van der Waals surface area contributed by atoms with Gasteiger partial charge in [0.25, 0.3) is 0 Å². The number of hydrogen-bond donors (Lipinski definition) is 1. The van der Waals surface area contributed by atoms with Crippen LogP contribution in [-0.4, -0.2) is 28.7 Å². The highest BCUT2D eigenvalue weighted by Crippen LogP contribution is 2.29. The van der Waals surface area contributed by atoms with Gasteiger partial charge in [-0.15, -0.1) is 23.5 Å². The molecule has 1 amide bonds. The molecule has 1 aliphatic heterocycles. The minimum absolute atomic E-state index is 0.390. The SMILES string of the molecule is O=C([O-])NCC1SCCCS1. The fraction of sp³-hybridized carbons (Fsp3) is 0.833. The third-order valence-electron chi connectivity index (χ3n) is 1.31. The Morgan fingerprint density at radius 2 is 2.18 bits per heavy atom. The molecule has 64 valence electrons. The molecular weight excluding hydrogens is 182 g/mol. The molecule has 1 saturated heterocycles. The Balaban J connectivity index is 2.09. The molecule has 0 spiro atoms. The topological polar surface area (TPSA) is 52.2 Å². The van der Waals surface area contributed by atoms with E-state index in [1.54, 1.807) is 0 Å². The minimum Gasteiger partial charge on any atom is -0.530 e. The van der Waals surface area contributed by atoms with Crippen LogP contribution in [0.3, 0.4) is 0 Å². The van der Waals surface area contributed by atoms with Crippen LogP contribution in [0.25, 0.3) is 0 Å². The summed E-state index contributed by atoms with van der Waals surface area (Å²) in [7, 11) is 0.